The molecule has 4 heteroatoms. The van der Waals surface area contributed by atoms with Gasteiger partial charge in [-0.2, -0.15) is 0 Å². The zero-order valence-electron chi connectivity index (χ0n) is 10.2. The maximum Gasteiger partial charge on any atom is 0.223 e. The number of hydrogen-bond acceptors (Lipinski definition) is 3. The van der Waals surface area contributed by atoms with E-state index in [0.29, 0.717) is 12.3 Å². The summed E-state index contributed by atoms with van der Waals surface area (Å²) >= 11 is 0. The Morgan fingerprint density at radius 3 is 2.50 bits per heavy atom. The van der Waals surface area contributed by atoms with Crippen molar-refractivity contribution in [2.45, 2.75) is 19.3 Å². The van der Waals surface area contributed by atoms with Gasteiger partial charge in [-0.25, -0.2) is 0 Å². The smallest absolute Gasteiger partial charge is 0.223 e. The number of carbonyl (C=O) groups excluding carboxylic acids is 1. The van der Waals surface area contributed by atoms with E-state index in [1.165, 1.54) is 19.4 Å². The van der Waals surface area contributed by atoms with Gasteiger partial charge in [0.2, 0.25) is 5.91 Å². The molecule has 1 aliphatic carbocycles. The number of nitrogens with one attached hydrogen (secondary N) is 1. The summed E-state index contributed by atoms with van der Waals surface area (Å²) < 4.78 is 0. The summed E-state index contributed by atoms with van der Waals surface area (Å²) in [7, 11) is 1.89. The third-order valence-corrected chi connectivity index (χ3v) is 3.53. The second-order valence-electron chi connectivity index (χ2n) is 4.98. The molecule has 1 N–H and O–H groups in total. The van der Waals surface area contributed by atoms with E-state index in [9.17, 15) is 4.79 Å². The molecule has 1 heterocycles. The summed E-state index contributed by atoms with van der Waals surface area (Å²) in [6, 6.07) is 0. The van der Waals surface area contributed by atoms with Crippen molar-refractivity contribution in [3.8, 4) is 0 Å². The minimum absolute atomic E-state index is 0.306. The summed E-state index contributed by atoms with van der Waals surface area (Å²) in [5.41, 5.74) is 0. The lowest BCUT2D eigenvalue weighted by molar-refractivity contribution is -0.132. The second kappa shape index (κ2) is 5.64. The van der Waals surface area contributed by atoms with Crippen molar-refractivity contribution in [3.05, 3.63) is 0 Å². The molecule has 0 aromatic heterocycles. The van der Waals surface area contributed by atoms with Crippen molar-refractivity contribution in [1.82, 2.24) is 15.1 Å². The molecule has 92 valence electrons. The highest BCUT2D eigenvalue weighted by molar-refractivity contribution is 5.76. The predicted molar refractivity (Wildman–Crippen MR) is 64.3 cm³/mol. The topological polar surface area (TPSA) is 35.6 Å². The zero-order valence-corrected chi connectivity index (χ0v) is 10.2. The van der Waals surface area contributed by atoms with Crippen LogP contribution in [0.25, 0.3) is 0 Å². The molecule has 0 aromatic rings. The Kier molecular flexibility index (Phi) is 4.18. The minimum Gasteiger partial charge on any atom is -0.340 e. The fourth-order valence-corrected chi connectivity index (χ4v) is 2.24. The van der Waals surface area contributed by atoms with Gasteiger partial charge in [-0.15, -0.1) is 0 Å². The molecule has 1 aliphatic heterocycles. The van der Waals surface area contributed by atoms with Gasteiger partial charge in [0.25, 0.3) is 0 Å². The van der Waals surface area contributed by atoms with Crippen LogP contribution in [0.2, 0.25) is 0 Å². The third kappa shape index (κ3) is 3.46. The van der Waals surface area contributed by atoms with E-state index in [1.807, 2.05) is 11.9 Å². The summed E-state index contributed by atoms with van der Waals surface area (Å²) in [4.78, 5) is 16.3. The van der Waals surface area contributed by atoms with E-state index in [2.05, 4.69) is 10.2 Å². The van der Waals surface area contributed by atoms with Crippen molar-refractivity contribution in [2.24, 2.45) is 5.92 Å². The number of carbonyl (C=O) groups is 1. The Morgan fingerprint density at radius 1 is 1.25 bits per heavy atom. The maximum absolute atomic E-state index is 11.8. The van der Waals surface area contributed by atoms with Crippen molar-refractivity contribution < 1.29 is 4.79 Å². The Morgan fingerprint density at radius 2 is 1.94 bits per heavy atom. The summed E-state index contributed by atoms with van der Waals surface area (Å²) in [5, 5.41) is 3.02. The summed E-state index contributed by atoms with van der Waals surface area (Å²) in [6.07, 6.45) is 3.47. The first kappa shape index (κ1) is 11.9. The monoisotopic (exact) mass is 225 g/mol. The van der Waals surface area contributed by atoms with Gasteiger partial charge in [0.15, 0.2) is 0 Å². The van der Waals surface area contributed by atoms with Gasteiger partial charge in [-0.05, 0) is 25.8 Å². The fourth-order valence-electron chi connectivity index (χ4n) is 2.24. The molecule has 0 spiro atoms. The van der Waals surface area contributed by atoms with Gasteiger partial charge >= 0.3 is 0 Å². The van der Waals surface area contributed by atoms with Crippen LogP contribution < -0.4 is 5.32 Å². The van der Waals surface area contributed by atoms with Crippen LogP contribution >= 0.6 is 0 Å². The zero-order chi connectivity index (χ0) is 11.4. The molecule has 2 rings (SSSR count). The molecule has 2 fully saturated rings. The Hall–Kier alpha value is -0.610. The fraction of sp³-hybridized carbons (Fsp3) is 0.917. The molecule has 1 saturated heterocycles. The van der Waals surface area contributed by atoms with Crippen LogP contribution in [0.4, 0.5) is 0 Å². The van der Waals surface area contributed by atoms with E-state index in [0.717, 1.165) is 38.6 Å². The lowest BCUT2D eigenvalue weighted by Gasteiger charge is -2.34. The van der Waals surface area contributed by atoms with Crippen molar-refractivity contribution in [1.29, 1.82) is 0 Å². The Balaban J connectivity index is 1.65. The highest BCUT2D eigenvalue weighted by atomic mass is 16.2. The van der Waals surface area contributed by atoms with Crippen LogP contribution in [-0.4, -0.2) is 62.0 Å². The Labute approximate surface area is 98.0 Å². The minimum atomic E-state index is 0.306. The lowest BCUT2D eigenvalue weighted by atomic mass is 10.2. The number of rotatable bonds is 5. The quantitative estimate of drug-likeness (QED) is 0.723. The van der Waals surface area contributed by atoms with Gasteiger partial charge in [0, 0.05) is 45.7 Å². The molecule has 2 aliphatic rings. The highest BCUT2D eigenvalue weighted by Crippen LogP contribution is 2.29. The first-order chi connectivity index (χ1) is 7.79. The number of amides is 1. The molecule has 1 saturated carbocycles. The van der Waals surface area contributed by atoms with E-state index < -0.39 is 0 Å². The molecule has 4 nitrogen and oxygen atoms in total. The molecule has 0 unspecified atom stereocenters. The van der Waals surface area contributed by atoms with E-state index >= 15 is 0 Å². The summed E-state index contributed by atoms with van der Waals surface area (Å²) in [6.45, 7) is 6.05. The number of hydrogen-bond donors (Lipinski definition) is 1. The van der Waals surface area contributed by atoms with Crippen LogP contribution in [0, 0.1) is 5.92 Å². The average Bonchev–Trinajstić information content (AvgIpc) is 3.11. The second-order valence-corrected chi connectivity index (χ2v) is 4.98. The number of nitrogens with zero attached hydrogens (tertiary/aromatic N) is 2. The van der Waals surface area contributed by atoms with Crippen molar-refractivity contribution in [2.75, 3.05) is 46.3 Å². The highest BCUT2D eigenvalue weighted by Gasteiger charge is 2.27. The third-order valence-electron chi connectivity index (χ3n) is 3.53. The van der Waals surface area contributed by atoms with Gasteiger partial charge < -0.3 is 10.2 Å². The standard InChI is InChI=1S/C12H23N3O/c1-13-5-4-12(16)15-8-6-14(7-9-15)10-11-2-3-11/h11,13H,2-10H2,1H3. The van der Waals surface area contributed by atoms with E-state index in [-0.39, 0.29) is 0 Å². The van der Waals surface area contributed by atoms with Crippen LogP contribution in [0.3, 0.4) is 0 Å². The van der Waals surface area contributed by atoms with Crippen LogP contribution in [0.1, 0.15) is 19.3 Å². The molecular formula is C12H23N3O. The first-order valence-electron chi connectivity index (χ1n) is 6.44. The van der Waals surface area contributed by atoms with Gasteiger partial charge in [-0.1, -0.05) is 0 Å². The van der Waals surface area contributed by atoms with Gasteiger partial charge in [-0.3, -0.25) is 9.69 Å². The first-order valence-corrected chi connectivity index (χ1v) is 6.44. The van der Waals surface area contributed by atoms with Crippen molar-refractivity contribution in [3.63, 3.8) is 0 Å². The maximum atomic E-state index is 11.8. The van der Waals surface area contributed by atoms with Crippen molar-refractivity contribution >= 4 is 5.91 Å². The average molecular weight is 225 g/mol. The van der Waals surface area contributed by atoms with E-state index in [4.69, 9.17) is 0 Å². The molecule has 0 atom stereocenters. The Bertz CT molecular complexity index is 232. The predicted octanol–water partition coefficient (Wildman–Crippen LogP) is 0.150. The van der Waals surface area contributed by atoms with Gasteiger partial charge in [0.05, 0.1) is 0 Å². The molecule has 16 heavy (non-hydrogen) atoms. The van der Waals surface area contributed by atoms with Crippen LogP contribution in [0.5, 0.6) is 0 Å². The molecular weight excluding hydrogens is 202 g/mol. The largest absolute Gasteiger partial charge is 0.340 e. The SMILES string of the molecule is CNCCC(=O)N1CCN(CC2CC2)CC1. The van der Waals surface area contributed by atoms with Gasteiger partial charge in [0.1, 0.15) is 0 Å². The lowest BCUT2D eigenvalue weighted by Crippen LogP contribution is -2.49. The molecule has 0 radical (unpaired) electrons. The van der Waals surface area contributed by atoms with Crippen LogP contribution in [0.15, 0.2) is 0 Å². The summed E-state index contributed by atoms with van der Waals surface area (Å²) in [5.74, 6) is 1.27. The molecule has 1 amide bonds. The van der Waals surface area contributed by atoms with Crippen LogP contribution in [-0.2, 0) is 4.79 Å². The normalized spacial score (nSPS) is 22.4. The molecule has 0 bridgehead atoms. The molecule has 0 aromatic carbocycles. The van der Waals surface area contributed by atoms with E-state index in [1.54, 1.807) is 0 Å². The number of piperazine rings is 1.